The molecule has 0 bridgehead atoms. The number of benzene rings is 1. The lowest BCUT2D eigenvalue weighted by molar-refractivity contribution is 0.413. The molecule has 19 heavy (non-hydrogen) atoms. The zero-order valence-corrected chi connectivity index (χ0v) is 11.5. The smallest absolute Gasteiger partial charge is 0.135 e. The molecule has 0 amide bonds. The molecule has 1 aliphatic carbocycles. The third-order valence-electron chi connectivity index (χ3n) is 2.95. The molecule has 0 atom stereocenters. The molecule has 0 radical (unpaired) electrons. The summed E-state index contributed by atoms with van der Waals surface area (Å²) in [5.41, 5.74) is 5.85. The fraction of sp³-hybridized carbons (Fsp3) is 0.286. The van der Waals surface area contributed by atoms with Crippen molar-refractivity contribution < 1.29 is 4.74 Å². The maximum atomic E-state index is 5.85. The number of hydrogen-bond donors (Lipinski definition) is 1. The fourth-order valence-electron chi connectivity index (χ4n) is 1.82. The van der Waals surface area contributed by atoms with E-state index in [1.165, 1.54) is 12.8 Å². The number of methoxy groups -OCH3 is 1. The molecule has 2 aromatic rings. The molecule has 3 rings (SSSR count). The number of hydrogen-bond acceptors (Lipinski definition) is 5. The largest absolute Gasteiger partial charge is 0.497 e. The Bertz CT molecular complexity index is 599. The van der Waals surface area contributed by atoms with Gasteiger partial charge in [0, 0.05) is 16.9 Å². The standard InChI is InChI=1S/C14H15N3OS/c1-18-10-3-2-4-11(7-10)19-13-8-12(15)16-14(17-13)9-5-6-9/h2-4,7-9H,5-6H2,1H3,(H2,15,16,17). The van der Waals surface area contributed by atoms with Crippen molar-refractivity contribution in [2.24, 2.45) is 0 Å². The number of nitrogens with zero attached hydrogens (tertiary/aromatic N) is 2. The van der Waals surface area contributed by atoms with Crippen molar-refractivity contribution in [1.82, 2.24) is 9.97 Å². The van der Waals surface area contributed by atoms with Crippen molar-refractivity contribution in [1.29, 1.82) is 0 Å². The predicted octanol–water partition coefficient (Wildman–Crippen LogP) is 3.10. The van der Waals surface area contributed by atoms with Crippen molar-refractivity contribution >= 4 is 17.6 Å². The molecule has 1 heterocycles. The molecule has 1 aromatic carbocycles. The molecule has 0 unspecified atom stereocenters. The van der Waals surface area contributed by atoms with Gasteiger partial charge in [-0.3, -0.25) is 0 Å². The highest BCUT2D eigenvalue weighted by Gasteiger charge is 2.27. The Labute approximate surface area is 116 Å². The van der Waals surface area contributed by atoms with E-state index < -0.39 is 0 Å². The maximum absolute atomic E-state index is 5.85. The molecule has 0 aliphatic heterocycles. The first-order valence-electron chi connectivity index (χ1n) is 6.21. The summed E-state index contributed by atoms with van der Waals surface area (Å²) in [5.74, 6) is 2.77. The fourth-order valence-corrected chi connectivity index (χ4v) is 2.71. The summed E-state index contributed by atoms with van der Waals surface area (Å²) in [7, 11) is 1.66. The first kappa shape index (κ1) is 12.3. The lowest BCUT2D eigenvalue weighted by Gasteiger charge is -2.06. The van der Waals surface area contributed by atoms with Gasteiger partial charge >= 0.3 is 0 Å². The SMILES string of the molecule is COc1cccc(Sc2cc(N)nc(C3CC3)n2)c1. The Hall–Kier alpha value is -1.75. The summed E-state index contributed by atoms with van der Waals surface area (Å²) in [6.07, 6.45) is 2.35. The molecule has 1 aliphatic rings. The quantitative estimate of drug-likeness (QED) is 0.867. The number of nitrogens with two attached hydrogens (primary N) is 1. The zero-order valence-electron chi connectivity index (χ0n) is 10.7. The van der Waals surface area contributed by atoms with E-state index in [4.69, 9.17) is 10.5 Å². The van der Waals surface area contributed by atoms with Gasteiger partial charge in [0.05, 0.1) is 7.11 Å². The highest BCUT2D eigenvalue weighted by molar-refractivity contribution is 7.99. The number of anilines is 1. The van der Waals surface area contributed by atoms with Gasteiger partial charge in [-0.1, -0.05) is 17.8 Å². The van der Waals surface area contributed by atoms with E-state index in [1.54, 1.807) is 18.9 Å². The number of rotatable bonds is 4. The van der Waals surface area contributed by atoms with Crippen LogP contribution in [0.1, 0.15) is 24.6 Å². The average molecular weight is 273 g/mol. The predicted molar refractivity (Wildman–Crippen MR) is 75.5 cm³/mol. The number of ether oxygens (including phenoxy) is 1. The summed E-state index contributed by atoms with van der Waals surface area (Å²) in [5, 5.41) is 0.891. The second-order valence-corrected chi connectivity index (χ2v) is 5.64. The molecule has 5 heteroatoms. The zero-order chi connectivity index (χ0) is 13.2. The molecule has 0 spiro atoms. The lowest BCUT2D eigenvalue weighted by atomic mass is 10.3. The summed E-state index contributed by atoms with van der Waals surface area (Å²) < 4.78 is 5.22. The van der Waals surface area contributed by atoms with Crippen LogP contribution in [0, 0.1) is 0 Å². The Morgan fingerprint density at radius 1 is 1.26 bits per heavy atom. The van der Waals surface area contributed by atoms with Crippen LogP contribution in [0.25, 0.3) is 0 Å². The molecule has 4 nitrogen and oxygen atoms in total. The highest BCUT2D eigenvalue weighted by atomic mass is 32.2. The average Bonchev–Trinajstić information content (AvgIpc) is 3.22. The summed E-state index contributed by atoms with van der Waals surface area (Å²) in [6, 6.07) is 9.72. The summed E-state index contributed by atoms with van der Waals surface area (Å²) >= 11 is 1.58. The van der Waals surface area contributed by atoms with E-state index in [2.05, 4.69) is 9.97 Å². The first-order chi connectivity index (χ1) is 9.24. The Kier molecular flexibility index (Phi) is 3.29. The highest BCUT2D eigenvalue weighted by Crippen LogP contribution is 2.39. The number of aromatic nitrogens is 2. The second-order valence-electron chi connectivity index (χ2n) is 4.54. The van der Waals surface area contributed by atoms with E-state index in [0.29, 0.717) is 11.7 Å². The minimum Gasteiger partial charge on any atom is -0.497 e. The normalized spacial score (nSPS) is 14.4. The van der Waals surface area contributed by atoms with Gasteiger partial charge in [0.25, 0.3) is 0 Å². The van der Waals surface area contributed by atoms with Crippen LogP contribution in [-0.4, -0.2) is 17.1 Å². The van der Waals surface area contributed by atoms with E-state index in [-0.39, 0.29) is 0 Å². The van der Waals surface area contributed by atoms with Crippen LogP contribution in [0.3, 0.4) is 0 Å². The van der Waals surface area contributed by atoms with Gasteiger partial charge in [-0.2, -0.15) is 0 Å². The Balaban J connectivity index is 1.85. The summed E-state index contributed by atoms with van der Waals surface area (Å²) in [6.45, 7) is 0. The Morgan fingerprint density at radius 2 is 2.11 bits per heavy atom. The van der Waals surface area contributed by atoms with E-state index >= 15 is 0 Å². The van der Waals surface area contributed by atoms with Gasteiger partial charge in [0.1, 0.15) is 22.4 Å². The van der Waals surface area contributed by atoms with Gasteiger partial charge < -0.3 is 10.5 Å². The molecule has 0 saturated heterocycles. The van der Waals surface area contributed by atoms with Gasteiger partial charge in [0.2, 0.25) is 0 Å². The molecule has 1 fully saturated rings. The lowest BCUT2D eigenvalue weighted by Crippen LogP contribution is -1.99. The molecular weight excluding hydrogens is 258 g/mol. The van der Waals surface area contributed by atoms with E-state index in [1.807, 2.05) is 30.3 Å². The van der Waals surface area contributed by atoms with Crippen LogP contribution >= 0.6 is 11.8 Å². The summed E-state index contributed by atoms with van der Waals surface area (Å²) in [4.78, 5) is 9.96. The second kappa shape index (κ2) is 5.09. The van der Waals surface area contributed by atoms with Crippen LogP contribution in [0.15, 0.2) is 40.3 Å². The van der Waals surface area contributed by atoms with Crippen molar-refractivity contribution in [3.8, 4) is 5.75 Å². The van der Waals surface area contributed by atoms with Crippen LogP contribution < -0.4 is 10.5 Å². The molecule has 2 N–H and O–H groups in total. The van der Waals surface area contributed by atoms with Crippen molar-refractivity contribution in [3.63, 3.8) is 0 Å². The van der Waals surface area contributed by atoms with Gasteiger partial charge in [-0.05, 0) is 31.0 Å². The van der Waals surface area contributed by atoms with Gasteiger partial charge in [-0.15, -0.1) is 0 Å². The first-order valence-corrected chi connectivity index (χ1v) is 7.02. The topological polar surface area (TPSA) is 61.0 Å². The van der Waals surface area contributed by atoms with Gasteiger partial charge in [0.15, 0.2) is 0 Å². The van der Waals surface area contributed by atoms with Crippen LogP contribution in [-0.2, 0) is 0 Å². The van der Waals surface area contributed by atoms with E-state index in [9.17, 15) is 0 Å². The van der Waals surface area contributed by atoms with Crippen molar-refractivity contribution in [2.45, 2.75) is 28.7 Å². The number of nitrogen functional groups attached to an aromatic ring is 1. The van der Waals surface area contributed by atoms with Gasteiger partial charge in [-0.25, -0.2) is 9.97 Å². The molecular formula is C14H15N3OS. The van der Waals surface area contributed by atoms with Crippen molar-refractivity contribution in [3.05, 3.63) is 36.2 Å². The third-order valence-corrected chi connectivity index (χ3v) is 3.85. The monoisotopic (exact) mass is 273 g/mol. The van der Waals surface area contributed by atoms with Crippen LogP contribution in [0.4, 0.5) is 5.82 Å². The minimum absolute atomic E-state index is 0.508. The Morgan fingerprint density at radius 3 is 2.84 bits per heavy atom. The van der Waals surface area contributed by atoms with Crippen LogP contribution in [0.2, 0.25) is 0 Å². The molecule has 1 saturated carbocycles. The van der Waals surface area contributed by atoms with Crippen molar-refractivity contribution in [2.75, 3.05) is 12.8 Å². The van der Waals surface area contributed by atoms with Crippen LogP contribution in [0.5, 0.6) is 5.75 Å². The minimum atomic E-state index is 0.508. The molecule has 98 valence electrons. The van der Waals surface area contributed by atoms with E-state index in [0.717, 1.165) is 21.5 Å². The third kappa shape index (κ3) is 2.98. The maximum Gasteiger partial charge on any atom is 0.135 e. The molecule has 1 aromatic heterocycles.